The molecule has 0 fully saturated rings. The van der Waals surface area contributed by atoms with Crippen molar-refractivity contribution >= 4 is 17.8 Å². The highest BCUT2D eigenvalue weighted by atomic mass is 16.5. The summed E-state index contributed by atoms with van der Waals surface area (Å²) in [5.74, 6) is 0.239. The van der Waals surface area contributed by atoms with E-state index in [4.69, 9.17) is 4.74 Å². The second kappa shape index (κ2) is 5.13. The van der Waals surface area contributed by atoms with Crippen LogP contribution in [0, 0.1) is 6.92 Å². The average molecular weight is 263 g/mol. The molecule has 0 atom stereocenters. The van der Waals surface area contributed by atoms with E-state index in [1.165, 1.54) is 5.56 Å². The molecule has 2 heterocycles. The van der Waals surface area contributed by atoms with E-state index in [0.717, 1.165) is 11.3 Å². The number of nitrogens with zero attached hydrogens (tertiary/aromatic N) is 1. The summed E-state index contributed by atoms with van der Waals surface area (Å²) in [6.07, 6.45) is 5.17. The fourth-order valence-electron chi connectivity index (χ4n) is 1.97. The van der Waals surface area contributed by atoms with E-state index in [1.807, 2.05) is 49.4 Å². The number of hydrogen-bond donors (Lipinski definition) is 0. The first-order chi connectivity index (χ1) is 9.72. The zero-order valence-electron chi connectivity index (χ0n) is 11.0. The van der Waals surface area contributed by atoms with Gasteiger partial charge in [-0.15, -0.1) is 0 Å². The van der Waals surface area contributed by atoms with Crippen LogP contribution in [0.1, 0.15) is 16.8 Å². The van der Waals surface area contributed by atoms with Gasteiger partial charge in [-0.3, -0.25) is 4.98 Å². The second-order valence-corrected chi connectivity index (χ2v) is 4.62. The fourth-order valence-corrected chi connectivity index (χ4v) is 1.97. The highest BCUT2D eigenvalue weighted by Gasteiger charge is 2.21. The number of hydrogen-bond acceptors (Lipinski definition) is 3. The van der Waals surface area contributed by atoms with Crippen molar-refractivity contribution in [2.45, 2.75) is 6.92 Å². The number of carbonyl (C=O) groups excluding carboxylic acids is 1. The molecule has 0 saturated carbocycles. The molecule has 0 amide bonds. The Kier molecular flexibility index (Phi) is 3.17. The number of rotatable bonds is 2. The smallest absolute Gasteiger partial charge is 0.343 e. The summed E-state index contributed by atoms with van der Waals surface area (Å²) in [6.45, 7) is 2.02. The Morgan fingerprint density at radius 3 is 2.60 bits per heavy atom. The van der Waals surface area contributed by atoms with E-state index < -0.39 is 0 Å². The third-order valence-corrected chi connectivity index (χ3v) is 3.05. The Balaban J connectivity index is 1.93. The quantitative estimate of drug-likeness (QED) is 0.616. The maximum atomic E-state index is 11.9. The van der Waals surface area contributed by atoms with Gasteiger partial charge in [-0.1, -0.05) is 35.9 Å². The largest absolute Gasteiger partial charge is 0.422 e. The monoisotopic (exact) mass is 263 g/mol. The molecular weight excluding hydrogens is 250 g/mol. The molecule has 0 N–H and O–H groups in total. The SMILES string of the molecule is Cc1ccc(C2=C/C(=C/c3ccccn3)C(=O)O2)cc1. The highest BCUT2D eigenvalue weighted by Crippen LogP contribution is 2.27. The number of ether oxygens (including phenoxy) is 1. The molecule has 0 radical (unpaired) electrons. The molecule has 1 aliphatic rings. The zero-order chi connectivity index (χ0) is 13.9. The molecule has 3 nitrogen and oxygen atoms in total. The lowest BCUT2D eigenvalue weighted by atomic mass is 10.1. The molecule has 20 heavy (non-hydrogen) atoms. The lowest BCUT2D eigenvalue weighted by molar-refractivity contribution is -0.130. The Labute approximate surface area is 117 Å². The van der Waals surface area contributed by atoms with Gasteiger partial charge < -0.3 is 4.74 Å². The molecular formula is C17H13NO2. The van der Waals surface area contributed by atoms with Crippen molar-refractivity contribution in [3.8, 4) is 0 Å². The number of aromatic nitrogens is 1. The third kappa shape index (κ3) is 2.52. The average Bonchev–Trinajstić information content (AvgIpc) is 2.82. The number of pyridine rings is 1. The van der Waals surface area contributed by atoms with Gasteiger partial charge in [0.05, 0.1) is 11.3 Å². The number of benzene rings is 1. The van der Waals surface area contributed by atoms with Crippen LogP contribution in [-0.4, -0.2) is 11.0 Å². The molecule has 0 unspecified atom stereocenters. The van der Waals surface area contributed by atoms with E-state index >= 15 is 0 Å². The molecule has 0 aliphatic carbocycles. The second-order valence-electron chi connectivity index (χ2n) is 4.62. The van der Waals surface area contributed by atoms with Crippen LogP contribution in [0.25, 0.3) is 11.8 Å². The maximum Gasteiger partial charge on any atom is 0.343 e. The number of carbonyl (C=O) groups is 1. The van der Waals surface area contributed by atoms with Crippen LogP contribution in [0.4, 0.5) is 0 Å². The Morgan fingerprint density at radius 1 is 1.10 bits per heavy atom. The lowest BCUT2D eigenvalue weighted by Gasteiger charge is -2.01. The van der Waals surface area contributed by atoms with E-state index in [2.05, 4.69) is 4.98 Å². The van der Waals surface area contributed by atoms with Crippen molar-refractivity contribution in [1.82, 2.24) is 4.98 Å². The summed E-state index contributed by atoms with van der Waals surface area (Å²) >= 11 is 0. The summed E-state index contributed by atoms with van der Waals surface area (Å²) in [7, 11) is 0. The molecule has 0 spiro atoms. The Bertz CT molecular complexity index is 698. The number of esters is 1. The van der Waals surface area contributed by atoms with E-state index in [-0.39, 0.29) is 5.97 Å². The molecule has 3 heteroatoms. The molecule has 1 aliphatic heterocycles. The van der Waals surface area contributed by atoms with Crippen LogP contribution >= 0.6 is 0 Å². The Hall–Kier alpha value is -2.68. The maximum absolute atomic E-state index is 11.9. The predicted octanol–water partition coefficient (Wildman–Crippen LogP) is 3.37. The standard InChI is InChI=1S/C17H13NO2/c1-12-5-7-13(8-6-12)16-11-14(17(19)20-16)10-15-4-2-3-9-18-15/h2-11H,1H3/b14-10-. The number of aryl methyl sites for hydroxylation is 1. The van der Waals surface area contributed by atoms with Gasteiger partial charge in [0.2, 0.25) is 0 Å². The van der Waals surface area contributed by atoms with Gasteiger partial charge in [0, 0.05) is 11.8 Å². The van der Waals surface area contributed by atoms with Crippen molar-refractivity contribution in [2.24, 2.45) is 0 Å². The molecule has 0 saturated heterocycles. The topological polar surface area (TPSA) is 39.2 Å². The van der Waals surface area contributed by atoms with Crippen molar-refractivity contribution in [1.29, 1.82) is 0 Å². The third-order valence-electron chi connectivity index (χ3n) is 3.05. The lowest BCUT2D eigenvalue weighted by Crippen LogP contribution is -1.97. The molecule has 2 aromatic rings. The Morgan fingerprint density at radius 2 is 1.90 bits per heavy atom. The van der Waals surface area contributed by atoms with Crippen LogP contribution in [0.2, 0.25) is 0 Å². The van der Waals surface area contributed by atoms with Gasteiger partial charge in [0.25, 0.3) is 0 Å². The predicted molar refractivity (Wildman–Crippen MR) is 77.5 cm³/mol. The van der Waals surface area contributed by atoms with Gasteiger partial charge in [-0.2, -0.15) is 0 Å². The normalized spacial score (nSPS) is 16.1. The fraction of sp³-hybridized carbons (Fsp3) is 0.0588. The summed E-state index contributed by atoms with van der Waals surface area (Å²) < 4.78 is 5.30. The minimum Gasteiger partial charge on any atom is -0.422 e. The summed E-state index contributed by atoms with van der Waals surface area (Å²) in [5, 5.41) is 0. The van der Waals surface area contributed by atoms with E-state index in [0.29, 0.717) is 11.3 Å². The van der Waals surface area contributed by atoms with Crippen LogP contribution in [0.15, 0.2) is 60.3 Å². The molecule has 98 valence electrons. The molecule has 0 bridgehead atoms. The van der Waals surface area contributed by atoms with Gasteiger partial charge in [-0.05, 0) is 31.2 Å². The number of cyclic esters (lactones) is 1. The van der Waals surface area contributed by atoms with Gasteiger partial charge >= 0.3 is 5.97 Å². The van der Waals surface area contributed by atoms with Gasteiger partial charge in [0.15, 0.2) is 0 Å². The van der Waals surface area contributed by atoms with Crippen LogP contribution in [0.5, 0.6) is 0 Å². The van der Waals surface area contributed by atoms with Crippen LogP contribution in [0.3, 0.4) is 0 Å². The first-order valence-corrected chi connectivity index (χ1v) is 6.36. The van der Waals surface area contributed by atoms with E-state index in [1.54, 1.807) is 18.3 Å². The summed E-state index contributed by atoms with van der Waals surface area (Å²) in [5.41, 5.74) is 3.32. The van der Waals surface area contributed by atoms with Crippen LogP contribution in [-0.2, 0) is 9.53 Å². The van der Waals surface area contributed by atoms with Crippen molar-refractivity contribution in [3.63, 3.8) is 0 Å². The zero-order valence-corrected chi connectivity index (χ0v) is 11.0. The van der Waals surface area contributed by atoms with Crippen LogP contribution < -0.4 is 0 Å². The summed E-state index contributed by atoms with van der Waals surface area (Å²) in [6, 6.07) is 13.4. The minimum atomic E-state index is -0.341. The van der Waals surface area contributed by atoms with Gasteiger partial charge in [0.1, 0.15) is 5.76 Å². The summed E-state index contributed by atoms with van der Waals surface area (Å²) in [4.78, 5) is 16.0. The van der Waals surface area contributed by atoms with Crippen molar-refractivity contribution in [3.05, 3.63) is 77.1 Å². The van der Waals surface area contributed by atoms with E-state index in [9.17, 15) is 4.79 Å². The molecule has 1 aromatic heterocycles. The molecule has 1 aromatic carbocycles. The first kappa shape index (κ1) is 12.4. The minimum absolute atomic E-state index is 0.341. The molecule has 3 rings (SSSR count). The first-order valence-electron chi connectivity index (χ1n) is 6.36. The highest BCUT2D eigenvalue weighted by molar-refractivity contribution is 6.04. The van der Waals surface area contributed by atoms with Gasteiger partial charge in [-0.25, -0.2) is 4.79 Å². The van der Waals surface area contributed by atoms with Crippen molar-refractivity contribution in [2.75, 3.05) is 0 Å². The van der Waals surface area contributed by atoms with Crippen molar-refractivity contribution < 1.29 is 9.53 Å².